The first-order valence-electron chi connectivity index (χ1n) is 3.52. The van der Waals surface area contributed by atoms with Gasteiger partial charge in [0.2, 0.25) is 0 Å². The summed E-state index contributed by atoms with van der Waals surface area (Å²) in [5.41, 5.74) is 3.09. The average molecular weight is 147 g/mol. The van der Waals surface area contributed by atoms with E-state index in [1.54, 1.807) is 0 Å². The molecule has 2 heterocycles. The molecule has 2 aromatic heterocycles. The van der Waals surface area contributed by atoms with Crippen molar-refractivity contribution >= 4 is 0 Å². The maximum Gasteiger partial charge on any atom is 0.109 e. The molecule has 3 nitrogen and oxygen atoms in total. The summed E-state index contributed by atoms with van der Waals surface area (Å²) in [6, 6.07) is 5.96. The van der Waals surface area contributed by atoms with Crippen LogP contribution in [0.4, 0.5) is 0 Å². The Morgan fingerprint density at radius 3 is 2.91 bits per heavy atom. The molecule has 2 rings (SSSR count). The van der Waals surface area contributed by atoms with Crippen molar-refractivity contribution in [3.63, 3.8) is 0 Å². The molecule has 0 unspecified atom stereocenters. The van der Waals surface area contributed by atoms with Crippen LogP contribution in [0, 0.1) is 6.92 Å². The molecule has 0 aliphatic heterocycles. The molecule has 0 aromatic carbocycles. The lowest BCUT2D eigenvalue weighted by molar-refractivity contribution is 1.05. The van der Waals surface area contributed by atoms with Crippen LogP contribution in [-0.2, 0) is 0 Å². The third-order valence-electron chi connectivity index (χ3n) is 1.58. The van der Waals surface area contributed by atoms with Crippen molar-refractivity contribution in [2.24, 2.45) is 0 Å². The van der Waals surface area contributed by atoms with E-state index in [2.05, 4.69) is 15.2 Å². The van der Waals surface area contributed by atoms with Gasteiger partial charge in [-0.3, -0.25) is 5.10 Å². The number of aromatic amines is 2. The van der Waals surface area contributed by atoms with Gasteiger partial charge in [0.25, 0.3) is 0 Å². The Kier molecular flexibility index (Phi) is 1.28. The molecule has 0 radical (unpaired) electrons. The Hall–Kier alpha value is -1.51. The van der Waals surface area contributed by atoms with E-state index < -0.39 is 0 Å². The predicted molar refractivity (Wildman–Crippen MR) is 43.1 cm³/mol. The molecule has 11 heavy (non-hydrogen) atoms. The summed E-state index contributed by atoms with van der Waals surface area (Å²) >= 11 is 0. The van der Waals surface area contributed by atoms with Gasteiger partial charge in [0, 0.05) is 11.9 Å². The van der Waals surface area contributed by atoms with Gasteiger partial charge < -0.3 is 4.98 Å². The second-order valence-electron chi connectivity index (χ2n) is 2.52. The SMILES string of the molecule is Cc1cc(-c2ccc[nH]2)n[nH]1. The highest BCUT2D eigenvalue weighted by Gasteiger charge is 1.99. The minimum Gasteiger partial charge on any atom is -0.360 e. The molecule has 0 bridgehead atoms. The third kappa shape index (κ3) is 1.05. The summed E-state index contributed by atoms with van der Waals surface area (Å²) in [6.07, 6.45) is 1.89. The number of nitrogens with one attached hydrogen (secondary N) is 2. The molecule has 3 heteroatoms. The number of H-pyrrole nitrogens is 2. The molecule has 0 saturated carbocycles. The Labute approximate surface area is 64.5 Å². The Balaban J connectivity index is 2.45. The Morgan fingerprint density at radius 2 is 2.36 bits per heavy atom. The van der Waals surface area contributed by atoms with Crippen molar-refractivity contribution in [3.05, 3.63) is 30.1 Å². The summed E-state index contributed by atoms with van der Waals surface area (Å²) in [7, 11) is 0. The molecular weight excluding hydrogens is 138 g/mol. The quantitative estimate of drug-likeness (QED) is 0.633. The zero-order valence-corrected chi connectivity index (χ0v) is 6.26. The van der Waals surface area contributed by atoms with Gasteiger partial charge in [-0.25, -0.2) is 0 Å². The number of rotatable bonds is 1. The van der Waals surface area contributed by atoms with Gasteiger partial charge in [0.15, 0.2) is 0 Å². The average Bonchev–Trinajstić information content (AvgIpc) is 2.55. The van der Waals surface area contributed by atoms with Crippen molar-refractivity contribution in [1.29, 1.82) is 0 Å². The van der Waals surface area contributed by atoms with E-state index in [0.717, 1.165) is 17.1 Å². The van der Waals surface area contributed by atoms with Crippen molar-refractivity contribution in [2.45, 2.75) is 6.92 Å². The molecule has 0 amide bonds. The van der Waals surface area contributed by atoms with Crippen LogP contribution in [0.1, 0.15) is 5.69 Å². The van der Waals surface area contributed by atoms with E-state index in [9.17, 15) is 0 Å². The number of aromatic nitrogens is 3. The predicted octanol–water partition coefficient (Wildman–Crippen LogP) is 1.71. The third-order valence-corrected chi connectivity index (χ3v) is 1.58. The first-order chi connectivity index (χ1) is 5.36. The molecule has 0 aliphatic carbocycles. The van der Waals surface area contributed by atoms with E-state index in [-0.39, 0.29) is 0 Å². The van der Waals surface area contributed by atoms with Crippen LogP contribution >= 0.6 is 0 Å². The van der Waals surface area contributed by atoms with Gasteiger partial charge >= 0.3 is 0 Å². The fourth-order valence-electron chi connectivity index (χ4n) is 1.05. The number of hydrogen-bond acceptors (Lipinski definition) is 1. The highest BCUT2D eigenvalue weighted by Crippen LogP contribution is 2.13. The normalized spacial score (nSPS) is 10.3. The number of nitrogens with zero attached hydrogens (tertiary/aromatic N) is 1. The van der Waals surface area contributed by atoms with Crippen LogP contribution in [-0.4, -0.2) is 15.2 Å². The van der Waals surface area contributed by atoms with Gasteiger partial charge in [-0.15, -0.1) is 0 Å². The van der Waals surface area contributed by atoms with Crippen LogP contribution in [0.2, 0.25) is 0 Å². The lowest BCUT2D eigenvalue weighted by Crippen LogP contribution is -1.75. The van der Waals surface area contributed by atoms with E-state index in [1.807, 2.05) is 31.3 Å². The molecule has 0 spiro atoms. The van der Waals surface area contributed by atoms with E-state index in [0.29, 0.717) is 0 Å². The second-order valence-corrected chi connectivity index (χ2v) is 2.52. The van der Waals surface area contributed by atoms with Crippen LogP contribution in [0.5, 0.6) is 0 Å². The summed E-state index contributed by atoms with van der Waals surface area (Å²) in [4.78, 5) is 3.08. The first kappa shape index (κ1) is 6.22. The van der Waals surface area contributed by atoms with Gasteiger partial charge in [0.1, 0.15) is 5.69 Å². The number of hydrogen-bond donors (Lipinski definition) is 2. The molecule has 2 aromatic rings. The largest absolute Gasteiger partial charge is 0.360 e. The summed E-state index contributed by atoms with van der Waals surface area (Å²) < 4.78 is 0. The van der Waals surface area contributed by atoms with Crippen molar-refractivity contribution < 1.29 is 0 Å². The Bertz CT molecular complexity index is 332. The van der Waals surface area contributed by atoms with E-state index >= 15 is 0 Å². The smallest absolute Gasteiger partial charge is 0.109 e. The summed E-state index contributed by atoms with van der Waals surface area (Å²) in [5, 5.41) is 6.99. The van der Waals surface area contributed by atoms with Crippen LogP contribution in [0.3, 0.4) is 0 Å². The van der Waals surface area contributed by atoms with Gasteiger partial charge in [0.05, 0.1) is 5.69 Å². The lowest BCUT2D eigenvalue weighted by Gasteiger charge is -1.85. The topological polar surface area (TPSA) is 44.5 Å². The van der Waals surface area contributed by atoms with Crippen LogP contribution < -0.4 is 0 Å². The van der Waals surface area contributed by atoms with E-state index in [4.69, 9.17) is 0 Å². The Morgan fingerprint density at radius 1 is 1.45 bits per heavy atom. The van der Waals surface area contributed by atoms with Crippen LogP contribution in [0.15, 0.2) is 24.4 Å². The maximum absolute atomic E-state index is 4.10. The van der Waals surface area contributed by atoms with Gasteiger partial charge in [-0.2, -0.15) is 5.10 Å². The standard InChI is InChI=1S/C8H9N3/c1-6-5-8(11-10-6)7-3-2-4-9-7/h2-5,9H,1H3,(H,10,11). The molecule has 56 valence electrons. The summed E-state index contributed by atoms with van der Waals surface area (Å²) in [6.45, 7) is 1.99. The molecule has 2 N–H and O–H groups in total. The zero-order valence-electron chi connectivity index (χ0n) is 6.26. The second kappa shape index (κ2) is 2.27. The highest BCUT2D eigenvalue weighted by atomic mass is 15.1. The van der Waals surface area contributed by atoms with Crippen LogP contribution in [0.25, 0.3) is 11.4 Å². The molecule has 0 fully saturated rings. The molecule has 0 atom stereocenters. The zero-order chi connectivity index (χ0) is 7.68. The molecule has 0 aliphatic rings. The van der Waals surface area contributed by atoms with Crippen molar-refractivity contribution in [3.8, 4) is 11.4 Å². The minimum absolute atomic E-state index is 0.965. The molecular formula is C8H9N3. The number of aryl methyl sites for hydroxylation is 1. The van der Waals surface area contributed by atoms with Crippen molar-refractivity contribution in [1.82, 2.24) is 15.2 Å². The fourth-order valence-corrected chi connectivity index (χ4v) is 1.05. The highest BCUT2D eigenvalue weighted by molar-refractivity contribution is 5.53. The first-order valence-corrected chi connectivity index (χ1v) is 3.52. The van der Waals surface area contributed by atoms with Gasteiger partial charge in [-0.05, 0) is 25.1 Å². The molecule has 0 saturated heterocycles. The summed E-state index contributed by atoms with van der Waals surface area (Å²) in [5.74, 6) is 0. The van der Waals surface area contributed by atoms with Gasteiger partial charge in [-0.1, -0.05) is 0 Å². The lowest BCUT2D eigenvalue weighted by atomic mass is 10.3. The minimum atomic E-state index is 0.965. The monoisotopic (exact) mass is 147 g/mol. The van der Waals surface area contributed by atoms with Crippen molar-refractivity contribution in [2.75, 3.05) is 0 Å². The van der Waals surface area contributed by atoms with E-state index in [1.165, 1.54) is 0 Å². The fraction of sp³-hybridized carbons (Fsp3) is 0.125. The maximum atomic E-state index is 4.10.